The highest BCUT2D eigenvalue weighted by Gasteiger charge is 2.19. The summed E-state index contributed by atoms with van der Waals surface area (Å²) in [7, 11) is 0. The van der Waals surface area contributed by atoms with Gasteiger partial charge in [0, 0.05) is 32.6 Å². The van der Waals surface area contributed by atoms with E-state index < -0.39 is 0 Å². The largest absolute Gasteiger partial charge is 0.379 e. The maximum absolute atomic E-state index is 12.6. The lowest BCUT2D eigenvalue weighted by molar-refractivity contribution is 0.0358. The van der Waals surface area contributed by atoms with Crippen molar-refractivity contribution in [2.24, 2.45) is 0 Å². The average Bonchev–Trinajstić information content (AvgIpc) is 2.77. The number of aryl methyl sites for hydroxylation is 1. The minimum Gasteiger partial charge on any atom is -0.379 e. The Morgan fingerprint density at radius 2 is 1.83 bits per heavy atom. The third-order valence-corrected chi connectivity index (χ3v) is 4.80. The first-order valence-corrected chi connectivity index (χ1v) is 8.35. The molecule has 2 aliphatic rings. The third-order valence-electron chi connectivity index (χ3n) is 4.80. The van der Waals surface area contributed by atoms with E-state index in [0.717, 1.165) is 58.1 Å². The summed E-state index contributed by atoms with van der Waals surface area (Å²) >= 11 is 0. The zero-order valence-corrected chi connectivity index (χ0v) is 13.3. The summed E-state index contributed by atoms with van der Waals surface area (Å²) in [6.45, 7) is 5.68. The summed E-state index contributed by atoms with van der Waals surface area (Å²) in [5, 5.41) is 4.60. The third kappa shape index (κ3) is 2.96. The van der Waals surface area contributed by atoms with Gasteiger partial charge < -0.3 is 4.74 Å². The fraction of sp³-hybridized carbons (Fsp3) is 0.529. The van der Waals surface area contributed by atoms with Crippen molar-refractivity contribution in [2.45, 2.75) is 25.9 Å². The van der Waals surface area contributed by atoms with Gasteiger partial charge in [0.25, 0.3) is 0 Å². The first-order valence-electron chi connectivity index (χ1n) is 8.35. The molecule has 0 spiro atoms. The van der Waals surface area contributed by atoms with Crippen LogP contribution in [-0.4, -0.2) is 52.1 Å². The van der Waals surface area contributed by atoms with Crippen LogP contribution in [0.3, 0.4) is 0 Å². The van der Waals surface area contributed by atoms with Gasteiger partial charge >= 0.3 is 5.69 Å². The van der Waals surface area contributed by atoms with E-state index in [9.17, 15) is 4.79 Å². The lowest BCUT2D eigenvalue weighted by Crippen LogP contribution is -2.39. The molecule has 0 atom stereocenters. The molecule has 1 aromatic carbocycles. The first-order chi connectivity index (χ1) is 11.3. The molecule has 4 rings (SSSR count). The second kappa shape index (κ2) is 6.29. The molecule has 1 fully saturated rings. The fourth-order valence-electron chi connectivity index (χ4n) is 3.42. The smallest absolute Gasteiger partial charge is 0.345 e. The van der Waals surface area contributed by atoms with Crippen LogP contribution in [0.2, 0.25) is 0 Å². The molecule has 3 heterocycles. The molecule has 0 bridgehead atoms. The van der Waals surface area contributed by atoms with Gasteiger partial charge in [-0.15, -0.1) is 0 Å². The molecule has 0 unspecified atom stereocenters. The van der Waals surface area contributed by atoms with Crippen molar-refractivity contribution < 1.29 is 4.74 Å². The maximum Gasteiger partial charge on any atom is 0.345 e. The Labute approximate surface area is 135 Å². The Bertz CT molecular complexity index is 743. The molecule has 0 radical (unpaired) electrons. The zero-order chi connectivity index (χ0) is 15.6. The lowest BCUT2D eigenvalue weighted by atomic mass is 10.0. The molecule has 122 valence electrons. The van der Waals surface area contributed by atoms with Gasteiger partial charge in [-0.2, -0.15) is 5.10 Å². The van der Waals surface area contributed by atoms with Crippen LogP contribution in [0, 0.1) is 0 Å². The van der Waals surface area contributed by atoms with Crippen LogP contribution >= 0.6 is 0 Å². The Hall–Kier alpha value is -1.92. The van der Waals surface area contributed by atoms with E-state index in [4.69, 9.17) is 4.74 Å². The Morgan fingerprint density at radius 1 is 1.04 bits per heavy atom. The van der Waals surface area contributed by atoms with E-state index in [-0.39, 0.29) is 5.69 Å². The van der Waals surface area contributed by atoms with E-state index >= 15 is 0 Å². The summed E-state index contributed by atoms with van der Waals surface area (Å²) in [5.41, 5.74) is 2.65. The fourth-order valence-corrected chi connectivity index (χ4v) is 3.42. The standard InChI is InChI=1S/C17H22N4O2/c22-17-20-6-5-14-3-1-2-4-15(14)13-16(20)18-21(17)8-7-19-9-11-23-12-10-19/h1-4H,5-13H2. The van der Waals surface area contributed by atoms with E-state index in [0.29, 0.717) is 6.54 Å². The number of benzene rings is 1. The molecule has 0 N–H and O–H groups in total. The topological polar surface area (TPSA) is 52.3 Å². The molecule has 0 aliphatic carbocycles. The Kier molecular flexibility index (Phi) is 4.01. The predicted octanol–water partition coefficient (Wildman–Crippen LogP) is 0.524. The summed E-state index contributed by atoms with van der Waals surface area (Å²) in [6.07, 6.45) is 1.65. The Balaban J connectivity index is 1.52. The number of fused-ring (bicyclic) bond motifs is 2. The van der Waals surface area contributed by atoms with Gasteiger partial charge in [-0.25, -0.2) is 9.48 Å². The number of aromatic nitrogens is 3. The minimum absolute atomic E-state index is 0.0288. The van der Waals surface area contributed by atoms with Crippen molar-refractivity contribution in [1.29, 1.82) is 0 Å². The van der Waals surface area contributed by atoms with Crippen LogP contribution < -0.4 is 5.69 Å². The van der Waals surface area contributed by atoms with Crippen LogP contribution in [0.1, 0.15) is 17.0 Å². The SMILES string of the molecule is O=c1n(CCN2CCOCC2)nc2n1CCc1ccccc1C2. The maximum atomic E-state index is 12.6. The quantitative estimate of drug-likeness (QED) is 0.829. The number of rotatable bonds is 3. The monoisotopic (exact) mass is 314 g/mol. The summed E-state index contributed by atoms with van der Waals surface area (Å²) in [6, 6.07) is 8.41. The zero-order valence-electron chi connectivity index (χ0n) is 13.3. The van der Waals surface area contributed by atoms with Crippen molar-refractivity contribution in [1.82, 2.24) is 19.2 Å². The molecule has 23 heavy (non-hydrogen) atoms. The van der Waals surface area contributed by atoms with Crippen LogP contribution in [0.25, 0.3) is 0 Å². The van der Waals surface area contributed by atoms with E-state index in [1.807, 2.05) is 4.57 Å². The van der Waals surface area contributed by atoms with Crippen molar-refractivity contribution in [3.8, 4) is 0 Å². The highest BCUT2D eigenvalue weighted by Crippen LogP contribution is 2.17. The van der Waals surface area contributed by atoms with Gasteiger partial charge in [-0.3, -0.25) is 9.47 Å². The summed E-state index contributed by atoms with van der Waals surface area (Å²) in [4.78, 5) is 14.9. The number of morpholine rings is 1. The van der Waals surface area contributed by atoms with E-state index in [2.05, 4.69) is 34.3 Å². The molecule has 0 amide bonds. The van der Waals surface area contributed by atoms with E-state index in [1.165, 1.54) is 11.1 Å². The number of hydrogen-bond acceptors (Lipinski definition) is 4. The second-order valence-corrected chi connectivity index (χ2v) is 6.22. The van der Waals surface area contributed by atoms with Crippen LogP contribution in [0.15, 0.2) is 29.1 Å². The predicted molar refractivity (Wildman–Crippen MR) is 86.7 cm³/mol. The molecule has 1 aromatic heterocycles. The van der Waals surface area contributed by atoms with Crippen molar-refractivity contribution >= 4 is 0 Å². The van der Waals surface area contributed by atoms with Crippen LogP contribution in [0.5, 0.6) is 0 Å². The minimum atomic E-state index is 0.0288. The van der Waals surface area contributed by atoms with Crippen molar-refractivity contribution in [3.63, 3.8) is 0 Å². The van der Waals surface area contributed by atoms with Crippen LogP contribution in [0.4, 0.5) is 0 Å². The number of ether oxygens (including phenoxy) is 1. The molecule has 0 saturated carbocycles. The highest BCUT2D eigenvalue weighted by molar-refractivity contribution is 5.31. The van der Waals surface area contributed by atoms with Gasteiger partial charge in [-0.05, 0) is 17.5 Å². The molecule has 6 heteroatoms. The van der Waals surface area contributed by atoms with Gasteiger partial charge in [-0.1, -0.05) is 24.3 Å². The van der Waals surface area contributed by atoms with Crippen LogP contribution in [-0.2, 0) is 30.7 Å². The summed E-state index contributed by atoms with van der Waals surface area (Å²) in [5.74, 6) is 0.891. The van der Waals surface area contributed by atoms with Gasteiger partial charge in [0.1, 0.15) is 5.82 Å². The molecular formula is C17H22N4O2. The van der Waals surface area contributed by atoms with Gasteiger partial charge in [0.2, 0.25) is 0 Å². The number of nitrogens with zero attached hydrogens (tertiary/aromatic N) is 4. The highest BCUT2D eigenvalue weighted by atomic mass is 16.5. The summed E-state index contributed by atoms with van der Waals surface area (Å²) < 4.78 is 8.84. The normalized spacial score (nSPS) is 18.3. The number of hydrogen-bond donors (Lipinski definition) is 0. The molecule has 1 saturated heterocycles. The lowest BCUT2D eigenvalue weighted by Gasteiger charge is -2.26. The molecule has 2 aliphatic heterocycles. The second-order valence-electron chi connectivity index (χ2n) is 6.22. The van der Waals surface area contributed by atoms with Gasteiger partial charge in [0.05, 0.1) is 19.8 Å². The van der Waals surface area contributed by atoms with Gasteiger partial charge in [0.15, 0.2) is 0 Å². The first kappa shape index (κ1) is 14.7. The van der Waals surface area contributed by atoms with Crippen molar-refractivity contribution in [2.75, 3.05) is 32.8 Å². The Morgan fingerprint density at radius 3 is 2.65 bits per heavy atom. The molecule has 6 nitrogen and oxygen atoms in total. The molecule has 2 aromatic rings. The van der Waals surface area contributed by atoms with E-state index in [1.54, 1.807) is 4.68 Å². The average molecular weight is 314 g/mol. The van der Waals surface area contributed by atoms with Crippen molar-refractivity contribution in [3.05, 3.63) is 51.7 Å². The molecular weight excluding hydrogens is 292 g/mol.